The molecule has 0 saturated carbocycles. The zero-order valence-electron chi connectivity index (χ0n) is 13.0. The summed E-state index contributed by atoms with van der Waals surface area (Å²) in [7, 11) is 0. The molecule has 0 aromatic heterocycles. The van der Waals surface area contributed by atoms with Gasteiger partial charge >= 0.3 is 0 Å². The highest BCUT2D eigenvalue weighted by atomic mass is 16.6. The van der Waals surface area contributed by atoms with Crippen molar-refractivity contribution in [3.8, 4) is 0 Å². The molecule has 0 radical (unpaired) electrons. The number of carbonyl (C=O) groups is 1. The number of nitro groups is 1. The standard InChI is InChI=1S/C15H23N3O3/c1-5-17(10-15(3,4)9-16)14(19)12-6-11(2)7-13(8-12)18(20)21/h6-8H,5,9-10,16H2,1-4H3. The van der Waals surface area contributed by atoms with E-state index in [-0.39, 0.29) is 17.0 Å². The number of hydrogen-bond acceptors (Lipinski definition) is 4. The van der Waals surface area contributed by atoms with E-state index < -0.39 is 4.92 Å². The van der Waals surface area contributed by atoms with E-state index in [9.17, 15) is 14.9 Å². The first-order valence-corrected chi connectivity index (χ1v) is 6.95. The van der Waals surface area contributed by atoms with Crippen molar-refractivity contribution in [2.75, 3.05) is 19.6 Å². The SMILES string of the molecule is CCN(CC(C)(C)CN)C(=O)c1cc(C)cc([N+](=O)[O-])c1. The first-order valence-electron chi connectivity index (χ1n) is 6.95. The van der Waals surface area contributed by atoms with Crippen LogP contribution in [-0.4, -0.2) is 35.4 Å². The average molecular weight is 293 g/mol. The molecule has 1 amide bonds. The fourth-order valence-electron chi connectivity index (χ4n) is 2.08. The molecule has 0 aliphatic carbocycles. The molecule has 0 unspecified atom stereocenters. The Bertz CT molecular complexity index is 541. The molecule has 21 heavy (non-hydrogen) atoms. The van der Waals surface area contributed by atoms with Crippen LogP contribution in [0.1, 0.15) is 36.7 Å². The van der Waals surface area contributed by atoms with Crippen molar-refractivity contribution in [2.24, 2.45) is 11.1 Å². The van der Waals surface area contributed by atoms with Crippen LogP contribution in [0, 0.1) is 22.5 Å². The summed E-state index contributed by atoms with van der Waals surface area (Å²) in [6, 6.07) is 4.46. The second kappa shape index (κ2) is 6.67. The van der Waals surface area contributed by atoms with Crippen molar-refractivity contribution in [3.63, 3.8) is 0 Å². The van der Waals surface area contributed by atoms with Crippen LogP contribution < -0.4 is 5.73 Å². The largest absolute Gasteiger partial charge is 0.338 e. The van der Waals surface area contributed by atoms with Crippen LogP contribution in [0.3, 0.4) is 0 Å². The summed E-state index contributed by atoms with van der Waals surface area (Å²) >= 11 is 0. The van der Waals surface area contributed by atoms with Crippen LogP contribution in [-0.2, 0) is 0 Å². The van der Waals surface area contributed by atoms with Crippen LogP contribution in [0.4, 0.5) is 5.69 Å². The van der Waals surface area contributed by atoms with Gasteiger partial charge < -0.3 is 10.6 Å². The Morgan fingerprint density at radius 2 is 2.00 bits per heavy atom. The summed E-state index contributed by atoms with van der Waals surface area (Å²) < 4.78 is 0. The monoisotopic (exact) mass is 293 g/mol. The third kappa shape index (κ3) is 4.53. The molecule has 1 aromatic carbocycles. The number of nitrogens with two attached hydrogens (primary N) is 1. The molecule has 0 aliphatic heterocycles. The molecule has 0 bridgehead atoms. The van der Waals surface area contributed by atoms with E-state index in [0.29, 0.717) is 30.8 Å². The predicted octanol–water partition coefficient (Wildman–Crippen LogP) is 2.35. The number of amides is 1. The number of hydrogen-bond donors (Lipinski definition) is 1. The summed E-state index contributed by atoms with van der Waals surface area (Å²) in [6.07, 6.45) is 0. The predicted molar refractivity (Wildman–Crippen MR) is 82.2 cm³/mol. The molecular formula is C15H23N3O3. The van der Waals surface area contributed by atoms with Crippen molar-refractivity contribution >= 4 is 11.6 Å². The highest BCUT2D eigenvalue weighted by Gasteiger charge is 2.24. The maximum Gasteiger partial charge on any atom is 0.270 e. The number of benzene rings is 1. The normalized spacial score (nSPS) is 11.3. The van der Waals surface area contributed by atoms with Gasteiger partial charge in [-0.2, -0.15) is 0 Å². The smallest absolute Gasteiger partial charge is 0.270 e. The Labute approximate surface area is 125 Å². The second-order valence-corrected chi connectivity index (χ2v) is 6.00. The molecule has 2 N–H and O–H groups in total. The molecule has 0 atom stereocenters. The van der Waals surface area contributed by atoms with Gasteiger partial charge in [0, 0.05) is 30.8 Å². The average Bonchev–Trinajstić information content (AvgIpc) is 2.43. The Balaban J connectivity index is 3.08. The van der Waals surface area contributed by atoms with Gasteiger partial charge in [0.1, 0.15) is 0 Å². The summed E-state index contributed by atoms with van der Waals surface area (Å²) in [5, 5.41) is 10.9. The van der Waals surface area contributed by atoms with Gasteiger partial charge in [-0.3, -0.25) is 14.9 Å². The van der Waals surface area contributed by atoms with Crippen LogP contribution in [0.25, 0.3) is 0 Å². The van der Waals surface area contributed by atoms with Crippen LogP contribution in [0.15, 0.2) is 18.2 Å². The summed E-state index contributed by atoms with van der Waals surface area (Å²) in [6.45, 7) is 9.11. The lowest BCUT2D eigenvalue weighted by Gasteiger charge is -2.31. The molecule has 0 saturated heterocycles. The van der Waals surface area contributed by atoms with E-state index in [1.807, 2.05) is 20.8 Å². The minimum absolute atomic E-state index is 0.0625. The fraction of sp³-hybridized carbons (Fsp3) is 0.533. The molecule has 1 aromatic rings. The van der Waals surface area contributed by atoms with Crippen LogP contribution in [0.2, 0.25) is 0 Å². The fourth-order valence-corrected chi connectivity index (χ4v) is 2.08. The van der Waals surface area contributed by atoms with Crippen LogP contribution in [0.5, 0.6) is 0 Å². The van der Waals surface area contributed by atoms with Crippen molar-refractivity contribution in [1.29, 1.82) is 0 Å². The molecule has 0 spiro atoms. The van der Waals surface area contributed by atoms with E-state index in [1.165, 1.54) is 12.1 Å². The Morgan fingerprint density at radius 1 is 1.38 bits per heavy atom. The summed E-state index contributed by atoms with van der Waals surface area (Å²) in [5.41, 5.74) is 6.49. The van der Waals surface area contributed by atoms with Gasteiger partial charge in [0.15, 0.2) is 0 Å². The molecule has 116 valence electrons. The first-order chi connectivity index (χ1) is 9.70. The van der Waals surface area contributed by atoms with Crippen molar-refractivity contribution in [1.82, 2.24) is 4.90 Å². The number of aryl methyl sites for hydroxylation is 1. The first kappa shape index (κ1) is 17.1. The van der Waals surface area contributed by atoms with Gasteiger partial charge in [-0.1, -0.05) is 13.8 Å². The Hall–Kier alpha value is -1.95. The Kier molecular flexibility index (Phi) is 5.43. The highest BCUT2D eigenvalue weighted by Crippen LogP contribution is 2.20. The lowest BCUT2D eigenvalue weighted by Crippen LogP contribution is -2.42. The molecule has 1 rings (SSSR count). The van der Waals surface area contributed by atoms with E-state index in [2.05, 4.69) is 0 Å². The van der Waals surface area contributed by atoms with Gasteiger partial charge in [-0.05, 0) is 37.4 Å². The number of nitrogens with zero attached hydrogens (tertiary/aromatic N) is 2. The van der Waals surface area contributed by atoms with E-state index in [0.717, 1.165) is 0 Å². The quantitative estimate of drug-likeness (QED) is 0.644. The van der Waals surface area contributed by atoms with Crippen LogP contribution >= 0.6 is 0 Å². The molecule has 6 heteroatoms. The van der Waals surface area contributed by atoms with Gasteiger partial charge in [0.2, 0.25) is 0 Å². The number of carbonyl (C=O) groups excluding carboxylic acids is 1. The van der Waals surface area contributed by atoms with Gasteiger partial charge in [0.25, 0.3) is 11.6 Å². The van der Waals surface area contributed by atoms with E-state index in [4.69, 9.17) is 5.73 Å². The van der Waals surface area contributed by atoms with Crippen molar-refractivity contribution < 1.29 is 9.72 Å². The lowest BCUT2D eigenvalue weighted by molar-refractivity contribution is -0.384. The van der Waals surface area contributed by atoms with Crippen molar-refractivity contribution in [3.05, 3.63) is 39.4 Å². The number of rotatable bonds is 6. The zero-order chi connectivity index (χ0) is 16.2. The minimum Gasteiger partial charge on any atom is -0.338 e. The third-order valence-corrected chi connectivity index (χ3v) is 3.36. The zero-order valence-corrected chi connectivity index (χ0v) is 13.0. The maximum atomic E-state index is 12.6. The third-order valence-electron chi connectivity index (χ3n) is 3.36. The molecule has 6 nitrogen and oxygen atoms in total. The van der Waals surface area contributed by atoms with E-state index in [1.54, 1.807) is 17.9 Å². The van der Waals surface area contributed by atoms with Crippen molar-refractivity contribution in [2.45, 2.75) is 27.7 Å². The Morgan fingerprint density at radius 3 is 2.48 bits per heavy atom. The minimum atomic E-state index is -0.482. The number of non-ortho nitro benzene ring substituents is 1. The molecule has 0 heterocycles. The number of nitro benzene ring substituents is 1. The summed E-state index contributed by atoms with van der Waals surface area (Å²) in [5.74, 6) is -0.203. The van der Waals surface area contributed by atoms with E-state index >= 15 is 0 Å². The molecule has 0 aliphatic rings. The maximum absolute atomic E-state index is 12.6. The molecule has 0 fully saturated rings. The molecular weight excluding hydrogens is 270 g/mol. The second-order valence-electron chi connectivity index (χ2n) is 6.00. The highest BCUT2D eigenvalue weighted by molar-refractivity contribution is 5.95. The van der Waals surface area contributed by atoms with Gasteiger partial charge in [0.05, 0.1) is 4.92 Å². The lowest BCUT2D eigenvalue weighted by atomic mass is 9.92. The van der Waals surface area contributed by atoms with Gasteiger partial charge in [-0.15, -0.1) is 0 Å². The summed E-state index contributed by atoms with van der Waals surface area (Å²) in [4.78, 5) is 24.7. The van der Waals surface area contributed by atoms with Gasteiger partial charge in [-0.25, -0.2) is 0 Å². The topological polar surface area (TPSA) is 89.5 Å².